The molecule has 1 heterocycles. The Morgan fingerprint density at radius 2 is 1.67 bits per heavy atom. The van der Waals surface area contributed by atoms with Gasteiger partial charge in [-0.05, 0) is 75.1 Å². The molecule has 0 aromatic heterocycles. The summed E-state index contributed by atoms with van der Waals surface area (Å²) in [5, 5.41) is 8.15. The SMILES string of the molecule is CN([C@@H]1CCCC2=C1C=NC(CCC(=O)O)CC2)S(=O)(=O)c1cc(C(F)(F)F)cc(S(=O)(=O)C2CCCC2)c1. The van der Waals surface area contributed by atoms with E-state index in [9.17, 15) is 34.8 Å². The minimum absolute atomic E-state index is 0.0357. The van der Waals surface area contributed by atoms with Gasteiger partial charge in [0.15, 0.2) is 9.84 Å². The number of carboxylic acids is 1. The number of aliphatic carboxylic acids is 1. The summed E-state index contributed by atoms with van der Waals surface area (Å²) < 4.78 is 96.3. The molecule has 2 atom stereocenters. The number of sulfone groups is 1. The fraction of sp³-hybridized carbons (Fsp3) is 0.615. The Balaban J connectivity index is 1.70. The molecule has 0 spiro atoms. The van der Waals surface area contributed by atoms with Crippen molar-refractivity contribution in [3.05, 3.63) is 34.9 Å². The van der Waals surface area contributed by atoms with Crippen molar-refractivity contribution in [1.82, 2.24) is 4.31 Å². The van der Waals surface area contributed by atoms with E-state index in [1.54, 1.807) is 6.21 Å². The quantitative estimate of drug-likeness (QED) is 0.456. The molecule has 216 valence electrons. The van der Waals surface area contributed by atoms with Crippen molar-refractivity contribution in [2.75, 3.05) is 7.05 Å². The molecular weight excluding hydrogens is 557 g/mol. The first kappa shape index (κ1) is 29.7. The Kier molecular flexibility index (Phi) is 8.63. The first-order valence-corrected chi connectivity index (χ1v) is 16.1. The lowest BCUT2D eigenvalue weighted by molar-refractivity contribution is -0.138. The minimum Gasteiger partial charge on any atom is -0.481 e. The van der Waals surface area contributed by atoms with Crippen molar-refractivity contribution in [3.63, 3.8) is 0 Å². The molecule has 1 aliphatic heterocycles. The fourth-order valence-electron chi connectivity index (χ4n) is 5.75. The Morgan fingerprint density at radius 3 is 2.31 bits per heavy atom. The van der Waals surface area contributed by atoms with Gasteiger partial charge in [0.2, 0.25) is 10.0 Å². The van der Waals surface area contributed by atoms with E-state index in [0.29, 0.717) is 75.5 Å². The van der Waals surface area contributed by atoms with Gasteiger partial charge in [0.1, 0.15) is 0 Å². The monoisotopic (exact) mass is 590 g/mol. The van der Waals surface area contributed by atoms with Crippen LogP contribution in [0.4, 0.5) is 13.2 Å². The third-order valence-corrected chi connectivity index (χ3v) is 12.1. The van der Waals surface area contributed by atoms with Gasteiger partial charge in [0.05, 0.1) is 32.7 Å². The molecule has 8 nitrogen and oxygen atoms in total. The molecule has 13 heteroatoms. The molecule has 4 rings (SSSR count). The van der Waals surface area contributed by atoms with Gasteiger partial charge < -0.3 is 5.11 Å². The maximum Gasteiger partial charge on any atom is 0.416 e. The van der Waals surface area contributed by atoms with Crippen LogP contribution < -0.4 is 0 Å². The third kappa shape index (κ3) is 6.40. The number of aliphatic imine (C=N–C) groups is 1. The number of likely N-dealkylation sites (N-methyl/N-ethyl adjacent to an activating group) is 1. The standard InChI is InChI=1S/C26H33F3N2O6S2/c1-31(24-8-4-5-17-9-10-19(11-12-25(32)33)30-16-23(17)24)39(36,37)22-14-18(26(27,28)29)13-21(15-22)38(34,35)20-6-2-3-7-20/h13-16,19-20,24H,2-12H2,1H3,(H,32,33)/t19?,24-/m1/s1. The number of hydrogen-bond acceptors (Lipinski definition) is 6. The highest BCUT2D eigenvalue weighted by Gasteiger charge is 2.39. The Hall–Kier alpha value is -2.25. The highest BCUT2D eigenvalue weighted by Crippen LogP contribution is 2.39. The van der Waals surface area contributed by atoms with Gasteiger partial charge in [0.25, 0.3) is 0 Å². The molecule has 1 unspecified atom stereocenters. The van der Waals surface area contributed by atoms with Crippen LogP contribution in [0.5, 0.6) is 0 Å². The van der Waals surface area contributed by atoms with Crippen LogP contribution in [0.15, 0.2) is 44.1 Å². The lowest BCUT2D eigenvalue weighted by atomic mass is 9.86. The zero-order valence-corrected chi connectivity index (χ0v) is 23.3. The molecule has 2 aliphatic carbocycles. The van der Waals surface area contributed by atoms with E-state index >= 15 is 0 Å². The first-order chi connectivity index (χ1) is 18.2. The second-order valence-electron chi connectivity index (χ2n) is 10.5. The number of carbonyl (C=O) groups is 1. The summed E-state index contributed by atoms with van der Waals surface area (Å²) in [6, 6.07) is 0.978. The second kappa shape index (κ2) is 11.3. The predicted octanol–water partition coefficient (Wildman–Crippen LogP) is 4.99. The van der Waals surface area contributed by atoms with Gasteiger partial charge >= 0.3 is 12.1 Å². The van der Waals surface area contributed by atoms with Gasteiger partial charge in [0, 0.05) is 19.7 Å². The molecular formula is C26H33F3N2O6S2. The molecule has 0 saturated heterocycles. The number of allylic oxidation sites excluding steroid dienone is 1. The second-order valence-corrected chi connectivity index (χ2v) is 14.8. The van der Waals surface area contributed by atoms with Crippen LogP contribution in [0.3, 0.4) is 0 Å². The van der Waals surface area contributed by atoms with Crippen LogP contribution in [0, 0.1) is 0 Å². The normalized spacial score (nSPS) is 23.2. The molecule has 0 radical (unpaired) electrons. The van der Waals surface area contributed by atoms with E-state index in [-0.39, 0.29) is 12.5 Å². The lowest BCUT2D eigenvalue weighted by Crippen LogP contribution is -2.40. The smallest absolute Gasteiger partial charge is 0.416 e. The largest absolute Gasteiger partial charge is 0.481 e. The molecule has 1 N–H and O–H groups in total. The van der Waals surface area contributed by atoms with Crippen molar-refractivity contribution >= 4 is 32.0 Å². The molecule has 1 saturated carbocycles. The lowest BCUT2D eigenvalue weighted by Gasteiger charge is -2.33. The average molecular weight is 591 g/mol. The molecule has 1 fully saturated rings. The fourth-order valence-corrected chi connectivity index (χ4v) is 9.19. The van der Waals surface area contributed by atoms with Crippen molar-refractivity contribution in [2.24, 2.45) is 4.99 Å². The average Bonchev–Trinajstić information content (AvgIpc) is 3.35. The predicted molar refractivity (Wildman–Crippen MR) is 139 cm³/mol. The van der Waals surface area contributed by atoms with Crippen LogP contribution >= 0.6 is 0 Å². The molecule has 0 bridgehead atoms. The molecule has 3 aliphatic rings. The highest BCUT2D eigenvalue weighted by atomic mass is 32.2. The maximum atomic E-state index is 13.8. The Morgan fingerprint density at radius 1 is 1.00 bits per heavy atom. The highest BCUT2D eigenvalue weighted by molar-refractivity contribution is 7.92. The number of nitrogens with zero attached hydrogens (tertiary/aromatic N) is 2. The number of alkyl halides is 3. The molecule has 39 heavy (non-hydrogen) atoms. The van der Waals surface area contributed by atoms with Crippen LogP contribution in [-0.4, -0.2) is 62.8 Å². The minimum atomic E-state index is -4.94. The summed E-state index contributed by atoms with van der Waals surface area (Å²) in [5.74, 6) is -0.925. The molecule has 1 aromatic rings. The number of hydrogen-bond donors (Lipinski definition) is 1. The first-order valence-electron chi connectivity index (χ1n) is 13.1. The van der Waals surface area contributed by atoms with Crippen molar-refractivity contribution < 1.29 is 39.9 Å². The van der Waals surface area contributed by atoms with Gasteiger partial charge in [-0.1, -0.05) is 18.4 Å². The number of halogens is 3. The third-order valence-electron chi connectivity index (χ3n) is 8.01. The number of benzene rings is 1. The summed E-state index contributed by atoms with van der Waals surface area (Å²) in [5.41, 5.74) is 0.355. The van der Waals surface area contributed by atoms with E-state index in [4.69, 9.17) is 5.11 Å². The zero-order chi connectivity index (χ0) is 28.6. The van der Waals surface area contributed by atoms with Crippen LogP contribution in [0.2, 0.25) is 0 Å². The van der Waals surface area contributed by atoms with Crippen LogP contribution in [-0.2, 0) is 30.8 Å². The number of rotatable bonds is 8. The van der Waals surface area contributed by atoms with Gasteiger partial charge in [-0.15, -0.1) is 0 Å². The Labute approximate surface area is 227 Å². The van der Waals surface area contributed by atoms with Crippen molar-refractivity contribution in [3.8, 4) is 0 Å². The van der Waals surface area contributed by atoms with Crippen LogP contribution in [0.25, 0.3) is 0 Å². The van der Waals surface area contributed by atoms with E-state index in [1.807, 2.05) is 0 Å². The summed E-state index contributed by atoms with van der Waals surface area (Å²) in [7, 11) is -7.39. The van der Waals surface area contributed by atoms with E-state index in [2.05, 4.69) is 4.99 Å². The molecule has 1 aromatic carbocycles. The summed E-state index contributed by atoms with van der Waals surface area (Å²) in [6.07, 6.45) is 1.98. The Bertz CT molecular complexity index is 1380. The summed E-state index contributed by atoms with van der Waals surface area (Å²) in [4.78, 5) is 14.1. The van der Waals surface area contributed by atoms with Gasteiger partial charge in [-0.3, -0.25) is 9.79 Å². The summed E-state index contributed by atoms with van der Waals surface area (Å²) in [6.45, 7) is 0. The topological polar surface area (TPSA) is 121 Å². The number of sulfonamides is 1. The molecule has 0 amide bonds. The van der Waals surface area contributed by atoms with E-state index < -0.39 is 58.7 Å². The van der Waals surface area contributed by atoms with Crippen LogP contribution in [0.1, 0.15) is 76.2 Å². The van der Waals surface area contributed by atoms with Crippen molar-refractivity contribution in [1.29, 1.82) is 0 Å². The van der Waals surface area contributed by atoms with Crippen molar-refractivity contribution in [2.45, 2.75) is 104 Å². The van der Waals surface area contributed by atoms with E-state index in [1.165, 1.54) is 7.05 Å². The van der Waals surface area contributed by atoms with Gasteiger partial charge in [-0.25, -0.2) is 16.8 Å². The van der Waals surface area contributed by atoms with Gasteiger partial charge in [-0.2, -0.15) is 17.5 Å². The maximum absolute atomic E-state index is 13.8. The summed E-state index contributed by atoms with van der Waals surface area (Å²) >= 11 is 0. The zero-order valence-electron chi connectivity index (χ0n) is 21.7. The van der Waals surface area contributed by atoms with E-state index in [0.717, 1.165) is 22.4 Å². The number of carboxylic acid groups (broad SMARTS) is 1.